The number of hydrazone groups is 1. The molecule has 1 rings (SSSR count). The molecular formula is C16H25N3O. The Morgan fingerprint density at radius 1 is 1.15 bits per heavy atom. The Kier molecular flexibility index (Phi) is 9.11. The van der Waals surface area contributed by atoms with Crippen LogP contribution in [0.25, 0.3) is 0 Å². The molecule has 20 heavy (non-hydrogen) atoms. The van der Waals surface area contributed by atoms with E-state index in [0.717, 1.165) is 12.8 Å². The molecule has 0 bridgehead atoms. The minimum absolute atomic E-state index is 0.191. The quantitative estimate of drug-likeness (QED) is 0.399. The van der Waals surface area contributed by atoms with E-state index in [-0.39, 0.29) is 5.91 Å². The minimum atomic E-state index is -0.191. The van der Waals surface area contributed by atoms with Gasteiger partial charge in [-0.25, -0.2) is 5.43 Å². The van der Waals surface area contributed by atoms with Gasteiger partial charge in [0.15, 0.2) is 0 Å². The lowest BCUT2D eigenvalue weighted by molar-refractivity contribution is 0.0955. The first kappa shape index (κ1) is 16.3. The number of carbonyl (C=O) groups excluding carboxylic acids is 1. The predicted octanol–water partition coefficient (Wildman–Crippen LogP) is 3.94. The first-order chi connectivity index (χ1) is 9.84. The van der Waals surface area contributed by atoms with Crippen molar-refractivity contribution in [2.75, 3.05) is 0 Å². The molecule has 0 aliphatic rings. The van der Waals surface area contributed by atoms with Crippen LogP contribution >= 0.6 is 0 Å². The van der Waals surface area contributed by atoms with Crippen molar-refractivity contribution < 1.29 is 4.79 Å². The Bertz CT molecular complexity index is 390. The van der Waals surface area contributed by atoms with E-state index in [1.165, 1.54) is 38.5 Å². The lowest BCUT2D eigenvalue weighted by Gasteiger charge is -1.99. The SMILES string of the molecule is CCCCCCCCCC=NNC(=O)c1ccncc1. The molecule has 0 aromatic carbocycles. The highest BCUT2D eigenvalue weighted by atomic mass is 16.2. The van der Waals surface area contributed by atoms with Crippen molar-refractivity contribution in [3.05, 3.63) is 30.1 Å². The number of hydrogen-bond donors (Lipinski definition) is 1. The number of hydrogen-bond acceptors (Lipinski definition) is 3. The summed E-state index contributed by atoms with van der Waals surface area (Å²) in [6.07, 6.45) is 14.9. The first-order valence-electron chi connectivity index (χ1n) is 7.56. The number of unbranched alkanes of at least 4 members (excludes halogenated alkanes) is 7. The molecule has 0 unspecified atom stereocenters. The molecule has 0 saturated carbocycles. The fraction of sp³-hybridized carbons (Fsp3) is 0.562. The molecule has 4 heteroatoms. The van der Waals surface area contributed by atoms with Crippen LogP contribution in [-0.4, -0.2) is 17.1 Å². The average molecular weight is 275 g/mol. The zero-order valence-corrected chi connectivity index (χ0v) is 12.3. The number of nitrogens with zero attached hydrogens (tertiary/aromatic N) is 2. The van der Waals surface area contributed by atoms with Crippen LogP contribution in [0.2, 0.25) is 0 Å². The lowest BCUT2D eigenvalue weighted by atomic mass is 10.1. The maximum atomic E-state index is 11.6. The summed E-state index contributed by atoms with van der Waals surface area (Å²) < 4.78 is 0. The van der Waals surface area contributed by atoms with E-state index < -0.39 is 0 Å². The Labute approximate surface area is 121 Å². The van der Waals surface area contributed by atoms with Crippen molar-refractivity contribution in [1.29, 1.82) is 0 Å². The monoisotopic (exact) mass is 275 g/mol. The molecule has 0 fully saturated rings. The fourth-order valence-electron chi connectivity index (χ4n) is 1.93. The van der Waals surface area contributed by atoms with Crippen LogP contribution in [-0.2, 0) is 0 Å². The van der Waals surface area contributed by atoms with Crippen molar-refractivity contribution in [2.24, 2.45) is 5.10 Å². The second kappa shape index (κ2) is 11.1. The molecule has 0 radical (unpaired) electrons. The normalized spacial score (nSPS) is 10.8. The molecular weight excluding hydrogens is 250 g/mol. The number of amides is 1. The highest BCUT2D eigenvalue weighted by Gasteiger charge is 2.01. The summed E-state index contributed by atoms with van der Waals surface area (Å²) in [4.78, 5) is 15.5. The Balaban J connectivity index is 2.01. The molecule has 1 aromatic heterocycles. The third-order valence-corrected chi connectivity index (χ3v) is 3.14. The van der Waals surface area contributed by atoms with Gasteiger partial charge in [0.2, 0.25) is 0 Å². The summed E-state index contributed by atoms with van der Waals surface area (Å²) in [7, 11) is 0. The van der Waals surface area contributed by atoms with Gasteiger partial charge in [-0.2, -0.15) is 5.10 Å². The topological polar surface area (TPSA) is 54.4 Å². The van der Waals surface area contributed by atoms with Gasteiger partial charge in [0, 0.05) is 24.2 Å². The fourth-order valence-corrected chi connectivity index (χ4v) is 1.93. The lowest BCUT2D eigenvalue weighted by Crippen LogP contribution is -2.17. The van der Waals surface area contributed by atoms with E-state index in [1.807, 2.05) is 0 Å². The molecule has 110 valence electrons. The Morgan fingerprint density at radius 2 is 1.80 bits per heavy atom. The molecule has 0 saturated heterocycles. The van der Waals surface area contributed by atoms with Gasteiger partial charge in [-0.05, 0) is 25.0 Å². The summed E-state index contributed by atoms with van der Waals surface area (Å²) >= 11 is 0. The Morgan fingerprint density at radius 3 is 2.50 bits per heavy atom. The van der Waals surface area contributed by atoms with Crippen molar-refractivity contribution in [2.45, 2.75) is 58.3 Å². The summed E-state index contributed by atoms with van der Waals surface area (Å²) in [5, 5.41) is 3.95. The molecule has 0 atom stereocenters. The molecule has 1 heterocycles. The molecule has 4 nitrogen and oxygen atoms in total. The number of carbonyl (C=O) groups is 1. The van der Waals surface area contributed by atoms with E-state index in [0.29, 0.717) is 5.56 Å². The van der Waals surface area contributed by atoms with Crippen LogP contribution in [0.5, 0.6) is 0 Å². The smallest absolute Gasteiger partial charge is 0.267 e. The summed E-state index contributed by atoms with van der Waals surface area (Å²) in [6, 6.07) is 3.34. The van der Waals surface area contributed by atoms with Gasteiger partial charge < -0.3 is 0 Å². The summed E-state index contributed by atoms with van der Waals surface area (Å²) in [5.74, 6) is -0.191. The molecule has 1 aromatic rings. The van der Waals surface area contributed by atoms with Crippen LogP contribution in [0.3, 0.4) is 0 Å². The molecule has 0 aliphatic carbocycles. The molecule has 0 aliphatic heterocycles. The van der Waals surface area contributed by atoms with Crippen molar-refractivity contribution in [1.82, 2.24) is 10.4 Å². The first-order valence-corrected chi connectivity index (χ1v) is 7.56. The largest absolute Gasteiger partial charge is 0.271 e. The van der Waals surface area contributed by atoms with Crippen LogP contribution in [0, 0.1) is 0 Å². The molecule has 1 amide bonds. The van der Waals surface area contributed by atoms with E-state index in [2.05, 4.69) is 22.4 Å². The number of rotatable bonds is 10. The van der Waals surface area contributed by atoms with Crippen molar-refractivity contribution in [3.8, 4) is 0 Å². The molecule has 1 N–H and O–H groups in total. The maximum Gasteiger partial charge on any atom is 0.271 e. The van der Waals surface area contributed by atoms with Gasteiger partial charge in [-0.1, -0.05) is 45.4 Å². The predicted molar refractivity (Wildman–Crippen MR) is 82.8 cm³/mol. The standard InChI is InChI=1S/C16H25N3O/c1-2-3-4-5-6-7-8-9-12-18-19-16(20)15-10-13-17-14-11-15/h10-14H,2-9H2,1H3,(H,19,20). The third kappa shape index (κ3) is 7.67. The van der Waals surface area contributed by atoms with Crippen LogP contribution in [0.15, 0.2) is 29.6 Å². The van der Waals surface area contributed by atoms with Crippen LogP contribution in [0.4, 0.5) is 0 Å². The van der Waals surface area contributed by atoms with Gasteiger partial charge in [0.1, 0.15) is 0 Å². The van der Waals surface area contributed by atoms with E-state index in [1.54, 1.807) is 30.7 Å². The zero-order valence-electron chi connectivity index (χ0n) is 12.3. The number of nitrogens with one attached hydrogen (secondary N) is 1. The van der Waals surface area contributed by atoms with E-state index in [9.17, 15) is 4.79 Å². The highest BCUT2D eigenvalue weighted by molar-refractivity contribution is 5.94. The average Bonchev–Trinajstić information content (AvgIpc) is 2.50. The highest BCUT2D eigenvalue weighted by Crippen LogP contribution is 2.07. The molecule has 0 spiro atoms. The summed E-state index contributed by atoms with van der Waals surface area (Å²) in [6.45, 7) is 2.23. The van der Waals surface area contributed by atoms with E-state index >= 15 is 0 Å². The number of pyridine rings is 1. The van der Waals surface area contributed by atoms with Gasteiger partial charge in [-0.15, -0.1) is 0 Å². The van der Waals surface area contributed by atoms with Crippen molar-refractivity contribution in [3.63, 3.8) is 0 Å². The summed E-state index contributed by atoms with van der Waals surface area (Å²) in [5.41, 5.74) is 3.10. The van der Waals surface area contributed by atoms with Gasteiger partial charge in [0.25, 0.3) is 5.91 Å². The van der Waals surface area contributed by atoms with Gasteiger partial charge in [-0.3, -0.25) is 9.78 Å². The van der Waals surface area contributed by atoms with Gasteiger partial charge in [0.05, 0.1) is 0 Å². The number of aromatic nitrogens is 1. The van der Waals surface area contributed by atoms with Gasteiger partial charge >= 0.3 is 0 Å². The maximum absolute atomic E-state index is 11.6. The minimum Gasteiger partial charge on any atom is -0.267 e. The zero-order chi connectivity index (χ0) is 14.5. The second-order valence-electron chi connectivity index (χ2n) is 4.90. The second-order valence-corrected chi connectivity index (χ2v) is 4.90. The van der Waals surface area contributed by atoms with Crippen LogP contribution in [0.1, 0.15) is 68.6 Å². The Hall–Kier alpha value is -1.71. The van der Waals surface area contributed by atoms with Crippen molar-refractivity contribution >= 4 is 12.1 Å². The van der Waals surface area contributed by atoms with E-state index in [4.69, 9.17) is 0 Å². The third-order valence-electron chi connectivity index (χ3n) is 3.14. The van der Waals surface area contributed by atoms with Crippen LogP contribution < -0.4 is 5.43 Å².